The van der Waals surface area contributed by atoms with E-state index < -0.39 is 95.9 Å². The summed E-state index contributed by atoms with van der Waals surface area (Å²) in [5.41, 5.74) is 12.6. The van der Waals surface area contributed by atoms with Gasteiger partial charge in [-0.3, -0.25) is 28.8 Å². The fourth-order valence-electron chi connectivity index (χ4n) is 6.36. The van der Waals surface area contributed by atoms with Crippen LogP contribution in [0.15, 0.2) is 36.8 Å². The summed E-state index contributed by atoms with van der Waals surface area (Å²) >= 11 is 0. The van der Waals surface area contributed by atoms with Gasteiger partial charge in [0.2, 0.25) is 35.4 Å². The van der Waals surface area contributed by atoms with Crippen molar-refractivity contribution in [3.63, 3.8) is 0 Å². The average Bonchev–Trinajstić information content (AvgIpc) is 3.70. The first-order valence-corrected chi connectivity index (χ1v) is 20.7. The Labute approximate surface area is 361 Å². The lowest BCUT2D eigenvalue weighted by atomic mass is 10.0. The van der Waals surface area contributed by atoms with E-state index in [2.05, 4.69) is 41.9 Å². The predicted octanol–water partition coefficient (Wildman–Crippen LogP) is -1.80. The van der Waals surface area contributed by atoms with Crippen LogP contribution in [-0.4, -0.2) is 133 Å². The number of aromatic amines is 1. The molecule has 0 aliphatic rings. The van der Waals surface area contributed by atoms with Gasteiger partial charge in [0.1, 0.15) is 42.0 Å². The summed E-state index contributed by atoms with van der Waals surface area (Å²) in [6, 6.07) is -3.84. The summed E-state index contributed by atoms with van der Waals surface area (Å²) in [5, 5.41) is 55.6. The number of hydrogen-bond donors (Lipinski definition) is 13. The number of carbonyl (C=O) groups is 7. The fraction of sp³-hybridized carbons (Fsp3) is 0.610. The van der Waals surface area contributed by atoms with Crippen molar-refractivity contribution in [2.45, 2.75) is 141 Å². The molecule has 62 heavy (non-hydrogen) atoms. The first-order chi connectivity index (χ1) is 29.1. The van der Waals surface area contributed by atoms with E-state index in [4.69, 9.17) is 11.5 Å². The van der Waals surface area contributed by atoms with Crippen LogP contribution in [0, 0.1) is 11.8 Å². The number of phenolic OH excluding ortho intramolecular Hbond substituents is 1. The van der Waals surface area contributed by atoms with Crippen molar-refractivity contribution < 1.29 is 54.0 Å². The Morgan fingerprint density at radius 2 is 1.13 bits per heavy atom. The number of aliphatic carboxylic acids is 1. The minimum absolute atomic E-state index is 0.0256. The van der Waals surface area contributed by atoms with Crippen molar-refractivity contribution in [1.82, 2.24) is 41.9 Å². The van der Waals surface area contributed by atoms with Gasteiger partial charge in [0, 0.05) is 24.7 Å². The smallest absolute Gasteiger partial charge is 0.326 e. The quantitative estimate of drug-likeness (QED) is 0.0441. The number of carboxylic acid groups (broad SMARTS) is 1. The number of phenols is 1. The highest BCUT2D eigenvalue weighted by Gasteiger charge is 2.36. The zero-order valence-corrected chi connectivity index (χ0v) is 36.2. The van der Waals surface area contributed by atoms with E-state index in [1.54, 1.807) is 13.8 Å². The number of nitrogens with zero attached hydrogens (tertiary/aromatic N) is 1. The molecule has 6 amide bonds. The SMILES string of the molecule is CC(C)C[C@H](NC(=O)[C@H](Cc1ccc(O)cc1)NC(=O)[C@H](CCCCN)NC(=O)[C@H](Cc1cnc[nH]1)NC(=O)[C@@H](NC(=O)[C@@H](NC(=O)[C@@H](N)CC(C)C)[C@@H](C)O)[C@@H](C)O)C(=O)O. The molecular formula is C41H66N10O11. The van der Waals surface area contributed by atoms with Crippen LogP contribution >= 0.6 is 0 Å². The molecule has 0 spiro atoms. The number of H-pyrrole nitrogens is 1. The van der Waals surface area contributed by atoms with Crippen LogP contribution in [0.4, 0.5) is 0 Å². The van der Waals surface area contributed by atoms with Crippen LogP contribution in [0.1, 0.15) is 84.9 Å². The molecule has 2 rings (SSSR count). The molecule has 346 valence electrons. The Bertz CT molecular complexity index is 1760. The number of rotatable bonds is 27. The van der Waals surface area contributed by atoms with Crippen LogP contribution < -0.4 is 43.4 Å². The Hall–Kier alpha value is -5.64. The van der Waals surface area contributed by atoms with Crippen molar-refractivity contribution >= 4 is 41.4 Å². The number of aliphatic hydroxyl groups excluding tert-OH is 2. The van der Waals surface area contributed by atoms with Crippen LogP contribution in [0.5, 0.6) is 5.75 Å². The molecule has 0 aliphatic heterocycles. The summed E-state index contributed by atoms with van der Waals surface area (Å²) < 4.78 is 0. The topological polar surface area (TPSA) is 353 Å². The van der Waals surface area contributed by atoms with Crippen molar-refractivity contribution in [1.29, 1.82) is 0 Å². The van der Waals surface area contributed by atoms with Crippen LogP contribution in [0.2, 0.25) is 0 Å². The molecule has 0 fully saturated rings. The zero-order chi connectivity index (χ0) is 46.7. The summed E-state index contributed by atoms with van der Waals surface area (Å²) in [6.45, 7) is 9.97. The van der Waals surface area contributed by atoms with Crippen LogP contribution in [0.3, 0.4) is 0 Å². The Balaban J connectivity index is 2.42. The van der Waals surface area contributed by atoms with E-state index in [9.17, 15) is 54.0 Å². The minimum atomic E-state index is -1.71. The number of aromatic nitrogens is 2. The number of amides is 6. The highest BCUT2D eigenvalue weighted by atomic mass is 16.4. The molecule has 15 N–H and O–H groups in total. The summed E-state index contributed by atoms with van der Waals surface area (Å²) in [6.07, 6.45) is 0.594. The standard InChI is InChI=1S/C41H66N10O11/c1-21(2)15-28(43)35(55)50-34(24(6)53)40(60)51-33(23(5)52)39(59)48-31(18-26-19-44-20-45-26)38(58)46-29(9-7-8-14-42)36(56)47-30(17-25-10-12-27(54)13-11-25)37(57)49-32(41(61)62)16-22(3)4/h10-13,19-24,28-34,52-54H,7-9,14-18,42-43H2,1-6H3,(H,44,45)(H,46,58)(H,47,56)(H,48,59)(H,49,57)(H,50,55)(H,51,60)(H,61,62)/t23-,24-,28+,29+,30+,31+,32+,33+,34+/m1/s1. The first-order valence-electron chi connectivity index (χ1n) is 20.7. The number of nitrogens with two attached hydrogens (primary N) is 2. The molecule has 0 aliphatic carbocycles. The van der Waals surface area contributed by atoms with Gasteiger partial charge in [-0.25, -0.2) is 9.78 Å². The summed E-state index contributed by atoms with van der Waals surface area (Å²) in [5.74, 6) is -6.65. The third-order valence-corrected chi connectivity index (χ3v) is 9.71. The van der Waals surface area contributed by atoms with Gasteiger partial charge in [0.25, 0.3) is 0 Å². The molecule has 0 saturated heterocycles. The number of carbonyl (C=O) groups excluding carboxylic acids is 6. The van der Waals surface area contributed by atoms with E-state index in [0.717, 1.165) is 0 Å². The number of aliphatic hydroxyl groups is 2. The number of imidazole rings is 1. The van der Waals surface area contributed by atoms with Crippen molar-refractivity contribution in [2.24, 2.45) is 23.3 Å². The lowest BCUT2D eigenvalue weighted by Gasteiger charge is -2.29. The molecule has 0 radical (unpaired) electrons. The molecule has 2 aromatic rings. The maximum atomic E-state index is 14.1. The number of unbranched alkanes of at least 4 members (excludes halogenated alkanes) is 1. The number of nitrogens with one attached hydrogen (secondary N) is 7. The largest absolute Gasteiger partial charge is 0.508 e. The normalized spacial score (nSPS) is 15.7. The molecule has 9 atom stereocenters. The number of aromatic hydroxyl groups is 1. The van der Waals surface area contributed by atoms with Gasteiger partial charge in [0.05, 0.1) is 24.6 Å². The van der Waals surface area contributed by atoms with Gasteiger partial charge in [-0.05, 0) is 82.0 Å². The van der Waals surface area contributed by atoms with E-state index >= 15 is 0 Å². The monoisotopic (exact) mass is 874 g/mol. The number of carboxylic acids is 1. The van der Waals surface area contributed by atoms with Crippen LogP contribution in [-0.2, 0) is 46.4 Å². The van der Waals surface area contributed by atoms with Crippen LogP contribution in [0.25, 0.3) is 0 Å². The zero-order valence-electron chi connectivity index (χ0n) is 36.2. The second kappa shape index (κ2) is 26.0. The second-order valence-electron chi connectivity index (χ2n) is 16.3. The summed E-state index contributed by atoms with van der Waals surface area (Å²) in [7, 11) is 0. The molecule has 0 bridgehead atoms. The average molecular weight is 875 g/mol. The molecule has 1 aromatic heterocycles. The van der Waals surface area contributed by atoms with Gasteiger partial charge < -0.3 is 68.8 Å². The lowest BCUT2D eigenvalue weighted by Crippen LogP contribution is -2.63. The van der Waals surface area contributed by atoms with Gasteiger partial charge in [-0.2, -0.15) is 0 Å². The van der Waals surface area contributed by atoms with Crippen molar-refractivity contribution in [2.75, 3.05) is 6.54 Å². The van der Waals surface area contributed by atoms with Gasteiger partial charge in [-0.1, -0.05) is 39.8 Å². The highest BCUT2D eigenvalue weighted by Crippen LogP contribution is 2.14. The van der Waals surface area contributed by atoms with Crippen molar-refractivity contribution in [3.8, 4) is 5.75 Å². The third kappa shape index (κ3) is 18.1. The maximum absolute atomic E-state index is 14.1. The number of benzene rings is 1. The molecule has 21 heteroatoms. The summed E-state index contributed by atoms with van der Waals surface area (Å²) in [4.78, 5) is 101. The molecular weight excluding hydrogens is 809 g/mol. The maximum Gasteiger partial charge on any atom is 0.326 e. The minimum Gasteiger partial charge on any atom is -0.508 e. The molecule has 0 saturated carbocycles. The second-order valence-corrected chi connectivity index (χ2v) is 16.3. The predicted molar refractivity (Wildman–Crippen MR) is 226 cm³/mol. The Morgan fingerprint density at radius 3 is 1.63 bits per heavy atom. The third-order valence-electron chi connectivity index (χ3n) is 9.71. The van der Waals surface area contributed by atoms with E-state index in [-0.39, 0.29) is 56.2 Å². The van der Waals surface area contributed by atoms with Crippen molar-refractivity contribution in [3.05, 3.63) is 48.0 Å². The highest BCUT2D eigenvalue weighted by molar-refractivity contribution is 5.97. The van der Waals surface area contributed by atoms with Gasteiger partial charge in [-0.15, -0.1) is 0 Å². The van der Waals surface area contributed by atoms with E-state index in [1.165, 1.54) is 50.6 Å². The molecule has 1 aromatic carbocycles. The molecule has 0 unspecified atom stereocenters. The van der Waals surface area contributed by atoms with Gasteiger partial charge in [0.15, 0.2) is 0 Å². The first kappa shape index (κ1) is 52.5. The molecule has 21 nitrogen and oxygen atoms in total. The van der Waals surface area contributed by atoms with Gasteiger partial charge >= 0.3 is 5.97 Å². The Kier molecular flexibility index (Phi) is 22.0. The Morgan fingerprint density at radius 1 is 0.645 bits per heavy atom. The fourth-order valence-corrected chi connectivity index (χ4v) is 6.36. The van der Waals surface area contributed by atoms with E-state index in [1.807, 2.05) is 13.8 Å². The molecule has 1 heterocycles. The lowest BCUT2D eigenvalue weighted by molar-refractivity contribution is -0.142. The number of hydrogen-bond acceptors (Lipinski definition) is 13. The van der Waals surface area contributed by atoms with E-state index in [0.29, 0.717) is 24.1 Å².